The van der Waals surface area contributed by atoms with Gasteiger partial charge in [0.05, 0.1) is 5.69 Å². The SMILES string of the molecule is S=C(Nc1ccccc1Oc1ccccc1)Oc1ccccc1. The summed E-state index contributed by atoms with van der Waals surface area (Å²) in [4.78, 5) is 0. The topological polar surface area (TPSA) is 30.5 Å². The highest BCUT2D eigenvalue weighted by atomic mass is 32.1. The van der Waals surface area contributed by atoms with E-state index in [4.69, 9.17) is 21.7 Å². The maximum atomic E-state index is 5.88. The summed E-state index contributed by atoms with van der Waals surface area (Å²) in [5.74, 6) is 2.13. The van der Waals surface area contributed by atoms with Gasteiger partial charge in [0.15, 0.2) is 5.75 Å². The van der Waals surface area contributed by atoms with Gasteiger partial charge in [0.1, 0.15) is 11.5 Å². The number of ether oxygens (including phenoxy) is 2. The third-order valence-electron chi connectivity index (χ3n) is 3.05. The molecule has 0 aromatic heterocycles. The molecule has 114 valence electrons. The van der Waals surface area contributed by atoms with Crippen LogP contribution in [0.5, 0.6) is 17.2 Å². The molecule has 3 nitrogen and oxygen atoms in total. The van der Waals surface area contributed by atoms with E-state index in [1.807, 2.05) is 84.9 Å². The molecule has 3 aromatic carbocycles. The van der Waals surface area contributed by atoms with Gasteiger partial charge in [0, 0.05) is 0 Å². The van der Waals surface area contributed by atoms with Gasteiger partial charge in [-0.05, 0) is 48.6 Å². The quantitative estimate of drug-likeness (QED) is 0.664. The number of rotatable bonds is 4. The number of hydrogen-bond acceptors (Lipinski definition) is 3. The fraction of sp³-hybridized carbons (Fsp3) is 0. The van der Waals surface area contributed by atoms with Crippen molar-refractivity contribution in [2.45, 2.75) is 0 Å². The first-order chi connectivity index (χ1) is 11.3. The number of hydrogen-bond donors (Lipinski definition) is 1. The van der Waals surface area contributed by atoms with Crippen molar-refractivity contribution in [1.29, 1.82) is 0 Å². The molecule has 3 rings (SSSR count). The van der Waals surface area contributed by atoms with Crippen LogP contribution in [0.4, 0.5) is 5.69 Å². The average Bonchev–Trinajstić information content (AvgIpc) is 2.58. The molecule has 0 bridgehead atoms. The van der Waals surface area contributed by atoms with E-state index in [0.717, 1.165) is 11.4 Å². The van der Waals surface area contributed by atoms with Gasteiger partial charge in [-0.25, -0.2) is 0 Å². The molecule has 23 heavy (non-hydrogen) atoms. The average molecular weight is 321 g/mol. The Bertz CT molecular complexity index is 776. The van der Waals surface area contributed by atoms with Crippen LogP contribution in [0.1, 0.15) is 0 Å². The lowest BCUT2D eigenvalue weighted by Crippen LogP contribution is -2.16. The van der Waals surface area contributed by atoms with Crippen LogP contribution in [-0.4, -0.2) is 5.17 Å². The molecule has 0 atom stereocenters. The maximum absolute atomic E-state index is 5.88. The fourth-order valence-electron chi connectivity index (χ4n) is 2.01. The van der Waals surface area contributed by atoms with E-state index >= 15 is 0 Å². The zero-order chi connectivity index (χ0) is 15.9. The molecular weight excluding hydrogens is 306 g/mol. The lowest BCUT2D eigenvalue weighted by atomic mass is 10.3. The zero-order valence-corrected chi connectivity index (χ0v) is 13.1. The lowest BCUT2D eigenvalue weighted by molar-refractivity contribution is 0.484. The second kappa shape index (κ2) is 7.42. The molecule has 0 spiro atoms. The summed E-state index contributed by atoms with van der Waals surface area (Å²) in [6, 6.07) is 26.6. The summed E-state index contributed by atoms with van der Waals surface area (Å²) < 4.78 is 11.5. The molecular formula is C19H15NO2S. The van der Waals surface area contributed by atoms with Crippen molar-refractivity contribution < 1.29 is 9.47 Å². The second-order valence-electron chi connectivity index (χ2n) is 4.74. The third-order valence-corrected chi connectivity index (χ3v) is 3.23. The van der Waals surface area contributed by atoms with Gasteiger partial charge in [0.2, 0.25) is 0 Å². The number of nitrogens with one attached hydrogen (secondary N) is 1. The van der Waals surface area contributed by atoms with Crippen LogP contribution in [-0.2, 0) is 0 Å². The number of para-hydroxylation sites is 4. The van der Waals surface area contributed by atoms with Gasteiger partial charge in [-0.2, -0.15) is 0 Å². The Morgan fingerprint density at radius 3 is 1.96 bits per heavy atom. The maximum Gasteiger partial charge on any atom is 0.266 e. The standard InChI is InChI=1S/C19H15NO2S/c23-19(22-16-11-5-2-6-12-16)20-17-13-7-8-14-18(17)21-15-9-3-1-4-10-15/h1-14H,(H,20,23). The van der Waals surface area contributed by atoms with Crippen LogP contribution in [0.2, 0.25) is 0 Å². The van der Waals surface area contributed by atoms with Crippen LogP contribution in [0.25, 0.3) is 0 Å². The molecule has 1 N–H and O–H groups in total. The van der Waals surface area contributed by atoms with Gasteiger partial charge in [-0.1, -0.05) is 48.5 Å². The summed E-state index contributed by atoms with van der Waals surface area (Å²) in [6.45, 7) is 0. The fourth-order valence-corrected chi connectivity index (χ4v) is 2.21. The monoisotopic (exact) mass is 321 g/mol. The highest BCUT2D eigenvalue weighted by molar-refractivity contribution is 7.80. The lowest BCUT2D eigenvalue weighted by Gasteiger charge is -2.13. The van der Waals surface area contributed by atoms with Crippen molar-refractivity contribution >= 4 is 23.1 Å². The van der Waals surface area contributed by atoms with Crippen molar-refractivity contribution in [3.05, 3.63) is 84.9 Å². The third kappa shape index (κ3) is 4.31. The minimum atomic E-state index is 0.264. The van der Waals surface area contributed by atoms with E-state index < -0.39 is 0 Å². The molecule has 0 radical (unpaired) electrons. The number of thiocarbonyl (C=S) groups is 1. The van der Waals surface area contributed by atoms with Crippen LogP contribution in [0, 0.1) is 0 Å². The van der Waals surface area contributed by atoms with E-state index in [-0.39, 0.29) is 5.17 Å². The van der Waals surface area contributed by atoms with Crippen LogP contribution < -0.4 is 14.8 Å². The van der Waals surface area contributed by atoms with E-state index in [0.29, 0.717) is 11.5 Å². The molecule has 4 heteroatoms. The Labute approximate surface area is 140 Å². The molecule has 0 heterocycles. The second-order valence-corrected chi connectivity index (χ2v) is 5.11. The molecule has 0 unspecified atom stereocenters. The molecule has 0 aliphatic carbocycles. The summed E-state index contributed by atoms with van der Waals surface area (Å²) in [5.41, 5.74) is 0.747. The summed E-state index contributed by atoms with van der Waals surface area (Å²) >= 11 is 5.25. The Balaban J connectivity index is 1.71. The van der Waals surface area contributed by atoms with Crippen LogP contribution >= 0.6 is 12.2 Å². The summed E-state index contributed by atoms with van der Waals surface area (Å²) in [7, 11) is 0. The van der Waals surface area contributed by atoms with E-state index in [1.54, 1.807) is 0 Å². The molecule has 0 aliphatic heterocycles. The van der Waals surface area contributed by atoms with Gasteiger partial charge in [-0.3, -0.25) is 0 Å². The molecule has 0 saturated carbocycles. The molecule has 3 aromatic rings. The van der Waals surface area contributed by atoms with E-state index in [2.05, 4.69) is 5.32 Å². The summed E-state index contributed by atoms with van der Waals surface area (Å²) in [6.07, 6.45) is 0. The van der Waals surface area contributed by atoms with E-state index in [9.17, 15) is 0 Å². The smallest absolute Gasteiger partial charge is 0.266 e. The largest absolute Gasteiger partial charge is 0.455 e. The Hall–Kier alpha value is -2.85. The van der Waals surface area contributed by atoms with Crippen LogP contribution in [0.15, 0.2) is 84.9 Å². The first kappa shape index (κ1) is 15.1. The first-order valence-electron chi connectivity index (χ1n) is 7.17. The van der Waals surface area contributed by atoms with Crippen molar-refractivity contribution in [2.24, 2.45) is 0 Å². The minimum absolute atomic E-state index is 0.264. The number of benzene rings is 3. The number of anilines is 1. The van der Waals surface area contributed by atoms with Crippen LogP contribution in [0.3, 0.4) is 0 Å². The van der Waals surface area contributed by atoms with E-state index in [1.165, 1.54) is 0 Å². The Morgan fingerprint density at radius 2 is 1.26 bits per heavy atom. The van der Waals surface area contributed by atoms with Crippen molar-refractivity contribution in [2.75, 3.05) is 5.32 Å². The predicted octanol–water partition coefficient (Wildman–Crippen LogP) is 5.25. The minimum Gasteiger partial charge on any atom is -0.455 e. The highest BCUT2D eigenvalue weighted by Crippen LogP contribution is 2.29. The normalized spacial score (nSPS) is 9.91. The highest BCUT2D eigenvalue weighted by Gasteiger charge is 2.07. The van der Waals surface area contributed by atoms with Gasteiger partial charge in [0.25, 0.3) is 5.17 Å². The van der Waals surface area contributed by atoms with Gasteiger partial charge in [-0.15, -0.1) is 0 Å². The van der Waals surface area contributed by atoms with Crippen molar-refractivity contribution in [3.63, 3.8) is 0 Å². The summed E-state index contributed by atoms with van der Waals surface area (Å²) in [5, 5.41) is 3.33. The Morgan fingerprint density at radius 1 is 0.696 bits per heavy atom. The van der Waals surface area contributed by atoms with Gasteiger partial charge < -0.3 is 14.8 Å². The van der Waals surface area contributed by atoms with Crippen molar-refractivity contribution in [1.82, 2.24) is 0 Å². The zero-order valence-electron chi connectivity index (χ0n) is 12.3. The molecule has 0 fully saturated rings. The Kier molecular flexibility index (Phi) is 4.86. The molecule has 0 aliphatic rings. The van der Waals surface area contributed by atoms with Crippen molar-refractivity contribution in [3.8, 4) is 17.2 Å². The molecule has 0 saturated heterocycles. The van der Waals surface area contributed by atoms with Gasteiger partial charge >= 0.3 is 0 Å². The predicted molar refractivity (Wildman–Crippen MR) is 96.2 cm³/mol. The first-order valence-corrected chi connectivity index (χ1v) is 7.58. The molecule has 0 amide bonds.